The second kappa shape index (κ2) is 5.69. The van der Waals surface area contributed by atoms with Crippen molar-refractivity contribution in [2.75, 3.05) is 18.8 Å². The van der Waals surface area contributed by atoms with E-state index >= 15 is 0 Å². The first-order valence-corrected chi connectivity index (χ1v) is 8.36. The van der Waals surface area contributed by atoms with E-state index < -0.39 is 15.8 Å². The van der Waals surface area contributed by atoms with Gasteiger partial charge >= 0.3 is 0 Å². The molecule has 1 fully saturated rings. The SMILES string of the molecule is CCCN(CC1CC1)S(=O)(=O)c1cc(N)c(F)cc1C. The Morgan fingerprint density at radius 2 is 2.05 bits per heavy atom. The van der Waals surface area contributed by atoms with Crippen LogP contribution in [0.3, 0.4) is 0 Å². The quantitative estimate of drug-likeness (QED) is 0.821. The highest BCUT2D eigenvalue weighted by molar-refractivity contribution is 7.89. The maximum absolute atomic E-state index is 13.4. The number of nitrogens with zero attached hydrogens (tertiary/aromatic N) is 1. The lowest BCUT2D eigenvalue weighted by Gasteiger charge is -2.22. The third-order valence-corrected chi connectivity index (χ3v) is 5.55. The standard InChI is InChI=1S/C14H21FN2O2S/c1-3-6-17(9-11-4-5-11)20(18,19)14-8-13(16)12(15)7-10(14)2/h7-8,11H,3-6,9,16H2,1-2H3. The van der Waals surface area contributed by atoms with Crippen molar-refractivity contribution in [3.63, 3.8) is 0 Å². The number of hydrogen-bond donors (Lipinski definition) is 1. The summed E-state index contributed by atoms with van der Waals surface area (Å²) in [4.78, 5) is 0.116. The number of aryl methyl sites for hydroxylation is 1. The summed E-state index contributed by atoms with van der Waals surface area (Å²) in [5.74, 6) is -0.111. The molecule has 2 rings (SSSR count). The molecule has 0 heterocycles. The molecule has 0 atom stereocenters. The van der Waals surface area contributed by atoms with Crippen molar-refractivity contribution < 1.29 is 12.8 Å². The van der Waals surface area contributed by atoms with Crippen molar-refractivity contribution in [3.8, 4) is 0 Å². The molecule has 0 aliphatic heterocycles. The van der Waals surface area contributed by atoms with Gasteiger partial charge in [0.15, 0.2) is 0 Å². The van der Waals surface area contributed by atoms with Crippen molar-refractivity contribution in [2.24, 2.45) is 5.92 Å². The molecule has 0 spiro atoms. The van der Waals surface area contributed by atoms with E-state index in [4.69, 9.17) is 5.73 Å². The average molecular weight is 300 g/mol. The summed E-state index contributed by atoms with van der Waals surface area (Å²) in [6.45, 7) is 4.57. The van der Waals surface area contributed by atoms with Gasteiger partial charge in [-0.1, -0.05) is 6.92 Å². The van der Waals surface area contributed by atoms with Gasteiger partial charge in [-0.3, -0.25) is 0 Å². The number of sulfonamides is 1. The van der Waals surface area contributed by atoms with Crippen LogP contribution in [0.15, 0.2) is 17.0 Å². The highest BCUT2D eigenvalue weighted by Gasteiger charge is 2.32. The highest BCUT2D eigenvalue weighted by atomic mass is 32.2. The zero-order chi connectivity index (χ0) is 14.9. The summed E-state index contributed by atoms with van der Waals surface area (Å²) in [6.07, 6.45) is 2.92. The first kappa shape index (κ1) is 15.3. The maximum Gasteiger partial charge on any atom is 0.243 e. The van der Waals surface area contributed by atoms with Gasteiger partial charge in [0, 0.05) is 13.1 Å². The van der Waals surface area contributed by atoms with Gasteiger partial charge in [0.25, 0.3) is 0 Å². The number of nitrogens with two attached hydrogens (primary N) is 1. The summed E-state index contributed by atoms with van der Waals surface area (Å²) in [5, 5.41) is 0. The second-order valence-corrected chi connectivity index (χ2v) is 7.35. The number of nitrogen functional groups attached to an aromatic ring is 1. The van der Waals surface area contributed by atoms with Gasteiger partial charge in [0.05, 0.1) is 10.6 Å². The Bertz CT molecular complexity index is 597. The summed E-state index contributed by atoms with van der Waals surface area (Å²) in [6, 6.07) is 2.42. The Hall–Kier alpha value is -1.14. The average Bonchev–Trinajstić information content (AvgIpc) is 3.17. The minimum atomic E-state index is -3.60. The molecule has 0 saturated heterocycles. The van der Waals surface area contributed by atoms with Crippen LogP contribution in [0.4, 0.5) is 10.1 Å². The topological polar surface area (TPSA) is 63.4 Å². The summed E-state index contributed by atoms with van der Waals surface area (Å²) < 4.78 is 40.3. The van der Waals surface area contributed by atoms with Gasteiger partial charge in [0.2, 0.25) is 10.0 Å². The van der Waals surface area contributed by atoms with Crippen LogP contribution in [0.1, 0.15) is 31.7 Å². The van der Waals surface area contributed by atoms with Crippen LogP contribution in [-0.4, -0.2) is 25.8 Å². The first-order valence-electron chi connectivity index (χ1n) is 6.92. The van der Waals surface area contributed by atoms with Crippen LogP contribution >= 0.6 is 0 Å². The fourth-order valence-electron chi connectivity index (χ4n) is 2.23. The number of rotatable bonds is 6. The van der Waals surface area contributed by atoms with Crippen molar-refractivity contribution >= 4 is 15.7 Å². The molecule has 0 aromatic heterocycles. The fraction of sp³-hybridized carbons (Fsp3) is 0.571. The molecule has 20 heavy (non-hydrogen) atoms. The molecule has 4 nitrogen and oxygen atoms in total. The number of halogens is 1. The third kappa shape index (κ3) is 3.12. The molecule has 0 unspecified atom stereocenters. The molecule has 6 heteroatoms. The Kier molecular flexibility index (Phi) is 4.34. The fourth-order valence-corrected chi connectivity index (χ4v) is 4.08. The predicted octanol–water partition coefficient (Wildman–Crippen LogP) is 2.53. The molecule has 2 N–H and O–H groups in total. The zero-order valence-electron chi connectivity index (χ0n) is 11.9. The minimum Gasteiger partial charge on any atom is -0.396 e. The van der Waals surface area contributed by atoms with E-state index in [2.05, 4.69) is 0 Å². The van der Waals surface area contributed by atoms with Gasteiger partial charge in [0.1, 0.15) is 5.82 Å². The molecule has 0 radical (unpaired) electrons. The number of anilines is 1. The highest BCUT2D eigenvalue weighted by Crippen LogP contribution is 2.32. The summed E-state index contributed by atoms with van der Waals surface area (Å²) in [5.41, 5.74) is 5.79. The van der Waals surface area contributed by atoms with Gasteiger partial charge in [-0.15, -0.1) is 0 Å². The van der Waals surface area contributed by atoms with Crippen LogP contribution in [0.5, 0.6) is 0 Å². The lowest BCUT2D eigenvalue weighted by molar-refractivity contribution is 0.395. The largest absolute Gasteiger partial charge is 0.396 e. The van der Waals surface area contributed by atoms with Gasteiger partial charge < -0.3 is 5.73 Å². The van der Waals surface area contributed by atoms with Crippen LogP contribution in [0, 0.1) is 18.7 Å². The Labute approximate surface area is 119 Å². The Morgan fingerprint density at radius 3 is 2.60 bits per heavy atom. The maximum atomic E-state index is 13.4. The van der Waals surface area contributed by atoms with E-state index in [-0.39, 0.29) is 10.6 Å². The lowest BCUT2D eigenvalue weighted by atomic mass is 10.2. The molecule has 0 bridgehead atoms. The van der Waals surface area contributed by atoms with Gasteiger partial charge in [-0.05, 0) is 49.8 Å². The summed E-state index contributed by atoms with van der Waals surface area (Å²) in [7, 11) is -3.60. The van der Waals surface area contributed by atoms with Crippen molar-refractivity contribution in [1.82, 2.24) is 4.31 Å². The zero-order valence-corrected chi connectivity index (χ0v) is 12.7. The van der Waals surface area contributed by atoms with E-state index in [0.717, 1.165) is 19.3 Å². The first-order chi connectivity index (χ1) is 9.36. The van der Waals surface area contributed by atoms with Crippen LogP contribution < -0.4 is 5.73 Å². The van der Waals surface area contributed by atoms with Crippen LogP contribution in [0.25, 0.3) is 0 Å². The summed E-state index contributed by atoms with van der Waals surface area (Å²) >= 11 is 0. The molecule has 1 aromatic carbocycles. The molecule has 1 aromatic rings. The minimum absolute atomic E-state index is 0.116. The number of benzene rings is 1. The molecule has 1 aliphatic rings. The van der Waals surface area contributed by atoms with E-state index in [9.17, 15) is 12.8 Å². The molecule has 112 valence electrons. The van der Waals surface area contributed by atoms with Crippen molar-refractivity contribution in [1.29, 1.82) is 0 Å². The van der Waals surface area contributed by atoms with E-state index in [1.807, 2.05) is 6.92 Å². The third-order valence-electron chi connectivity index (χ3n) is 3.54. The molecule has 0 amide bonds. The molecular weight excluding hydrogens is 279 g/mol. The molecular formula is C14H21FN2O2S. The van der Waals surface area contributed by atoms with Gasteiger partial charge in [-0.25, -0.2) is 12.8 Å². The Morgan fingerprint density at radius 1 is 1.40 bits per heavy atom. The second-order valence-electron chi connectivity index (χ2n) is 5.45. The molecule has 1 aliphatic carbocycles. The Balaban J connectivity index is 2.38. The smallest absolute Gasteiger partial charge is 0.243 e. The van der Waals surface area contributed by atoms with E-state index in [1.165, 1.54) is 16.4 Å². The van der Waals surface area contributed by atoms with Crippen molar-refractivity contribution in [2.45, 2.75) is 38.0 Å². The van der Waals surface area contributed by atoms with Crippen molar-refractivity contribution in [3.05, 3.63) is 23.5 Å². The monoisotopic (exact) mass is 300 g/mol. The van der Waals surface area contributed by atoms with E-state index in [1.54, 1.807) is 6.92 Å². The normalized spacial score (nSPS) is 15.8. The van der Waals surface area contributed by atoms with Crippen LogP contribution in [-0.2, 0) is 10.0 Å². The predicted molar refractivity (Wildman–Crippen MR) is 77.3 cm³/mol. The van der Waals surface area contributed by atoms with Crippen LogP contribution in [0.2, 0.25) is 0 Å². The number of hydrogen-bond acceptors (Lipinski definition) is 3. The van der Waals surface area contributed by atoms with E-state index in [0.29, 0.717) is 24.6 Å². The van der Waals surface area contributed by atoms with Gasteiger partial charge in [-0.2, -0.15) is 4.31 Å². The lowest BCUT2D eigenvalue weighted by Crippen LogP contribution is -2.34. The molecule has 1 saturated carbocycles.